The summed E-state index contributed by atoms with van der Waals surface area (Å²) in [6, 6.07) is 12.9. The molecule has 1 aromatic carbocycles. The summed E-state index contributed by atoms with van der Waals surface area (Å²) in [7, 11) is 0. The summed E-state index contributed by atoms with van der Waals surface area (Å²) in [5.41, 5.74) is 1.38. The number of likely N-dealkylation sites (tertiary alicyclic amines) is 1. The number of rotatable bonds is 8. The number of halogens is 1. The fraction of sp³-hybridized carbons (Fsp3) is 0.435. The number of pyridine rings is 1. The first-order valence-electron chi connectivity index (χ1n) is 10.9. The number of benzene rings is 1. The number of piperidine rings is 1. The molecule has 1 aromatic heterocycles. The predicted octanol–water partition coefficient (Wildman–Crippen LogP) is 2.35. The van der Waals surface area contributed by atoms with Crippen molar-refractivity contribution in [2.45, 2.75) is 32.4 Å². The number of hydrogen-bond donors (Lipinski definition) is 4. The number of aliphatic imine (C=N–C) groups is 1. The van der Waals surface area contributed by atoms with Gasteiger partial charge in [-0.1, -0.05) is 18.2 Å². The van der Waals surface area contributed by atoms with Gasteiger partial charge in [0.05, 0.1) is 17.8 Å². The molecule has 8 nitrogen and oxygen atoms in total. The van der Waals surface area contributed by atoms with Crippen molar-refractivity contribution in [1.29, 1.82) is 0 Å². The van der Waals surface area contributed by atoms with Crippen molar-refractivity contribution in [3.05, 3.63) is 59.9 Å². The van der Waals surface area contributed by atoms with Gasteiger partial charge in [0.25, 0.3) is 5.91 Å². The number of carbonyl (C=O) groups excluding carboxylic acids is 1. The normalized spacial score (nSPS) is 15.0. The van der Waals surface area contributed by atoms with Crippen molar-refractivity contribution in [3.8, 4) is 5.75 Å². The lowest BCUT2D eigenvalue weighted by Crippen LogP contribution is -2.48. The average Bonchev–Trinajstić information content (AvgIpc) is 2.79. The van der Waals surface area contributed by atoms with Gasteiger partial charge in [-0.05, 0) is 44.0 Å². The summed E-state index contributed by atoms with van der Waals surface area (Å²) >= 11 is 0. The largest absolute Gasteiger partial charge is 0.507 e. The number of carbonyl (C=O) groups is 1. The fourth-order valence-electron chi connectivity index (χ4n) is 3.57. The number of phenolic OH excluding ortho intramolecular Hbond substituents is 1. The Kier molecular flexibility index (Phi) is 11.2. The topological polar surface area (TPSA) is 102 Å². The molecule has 1 amide bonds. The Hall–Kier alpha value is -2.40. The molecule has 0 aliphatic carbocycles. The van der Waals surface area contributed by atoms with Crippen LogP contribution in [0.5, 0.6) is 5.75 Å². The zero-order valence-electron chi connectivity index (χ0n) is 18.5. The molecule has 0 unspecified atom stereocenters. The number of nitrogens with zero attached hydrogens (tertiary/aromatic N) is 3. The monoisotopic (exact) mass is 552 g/mol. The maximum absolute atomic E-state index is 12.2. The minimum absolute atomic E-state index is 0. The third kappa shape index (κ3) is 8.27. The maximum Gasteiger partial charge on any atom is 0.255 e. The van der Waals surface area contributed by atoms with Gasteiger partial charge in [0, 0.05) is 45.0 Å². The van der Waals surface area contributed by atoms with Crippen LogP contribution in [0.25, 0.3) is 0 Å². The molecule has 0 spiro atoms. The van der Waals surface area contributed by atoms with E-state index in [4.69, 9.17) is 0 Å². The van der Waals surface area contributed by atoms with E-state index in [9.17, 15) is 9.90 Å². The Morgan fingerprint density at radius 3 is 2.59 bits per heavy atom. The van der Waals surface area contributed by atoms with E-state index >= 15 is 0 Å². The van der Waals surface area contributed by atoms with Gasteiger partial charge < -0.3 is 21.1 Å². The number of phenols is 1. The van der Waals surface area contributed by atoms with Crippen molar-refractivity contribution in [2.75, 3.05) is 32.7 Å². The quantitative estimate of drug-likeness (QED) is 0.174. The minimum atomic E-state index is -0.300. The second kappa shape index (κ2) is 13.9. The number of amides is 1. The van der Waals surface area contributed by atoms with Crippen LogP contribution in [0, 0.1) is 0 Å². The highest BCUT2D eigenvalue weighted by Gasteiger charge is 2.20. The predicted molar refractivity (Wildman–Crippen MR) is 138 cm³/mol. The molecule has 32 heavy (non-hydrogen) atoms. The minimum Gasteiger partial charge on any atom is -0.507 e. The fourth-order valence-corrected chi connectivity index (χ4v) is 3.57. The van der Waals surface area contributed by atoms with Crippen molar-refractivity contribution >= 4 is 35.8 Å². The van der Waals surface area contributed by atoms with Crippen molar-refractivity contribution in [2.24, 2.45) is 4.99 Å². The zero-order valence-corrected chi connectivity index (χ0v) is 20.8. The number of guanidine groups is 1. The molecular weight excluding hydrogens is 519 g/mol. The van der Waals surface area contributed by atoms with E-state index in [1.807, 2.05) is 25.3 Å². The van der Waals surface area contributed by atoms with Gasteiger partial charge in [-0.3, -0.25) is 19.7 Å². The van der Waals surface area contributed by atoms with Gasteiger partial charge in [0.15, 0.2) is 5.96 Å². The van der Waals surface area contributed by atoms with Crippen molar-refractivity contribution < 1.29 is 9.90 Å². The molecule has 174 valence electrons. The molecular formula is C23H33IN6O2. The van der Waals surface area contributed by atoms with Crippen LogP contribution in [0.15, 0.2) is 53.7 Å². The van der Waals surface area contributed by atoms with Gasteiger partial charge in [-0.2, -0.15) is 0 Å². The highest BCUT2D eigenvalue weighted by molar-refractivity contribution is 14.0. The third-order valence-electron chi connectivity index (χ3n) is 5.20. The van der Waals surface area contributed by atoms with Gasteiger partial charge in [-0.15, -0.1) is 24.0 Å². The van der Waals surface area contributed by atoms with Crippen molar-refractivity contribution in [1.82, 2.24) is 25.8 Å². The molecule has 4 N–H and O–H groups in total. The molecule has 1 saturated heterocycles. The van der Waals surface area contributed by atoms with Crippen LogP contribution >= 0.6 is 24.0 Å². The van der Waals surface area contributed by atoms with Crippen LogP contribution < -0.4 is 16.0 Å². The van der Waals surface area contributed by atoms with E-state index in [2.05, 4.69) is 36.9 Å². The van der Waals surface area contributed by atoms with E-state index in [0.29, 0.717) is 19.1 Å². The summed E-state index contributed by atoms with van der Waals surface area (Å²) in [5.74, 6) is 0.446. The summed E-state index contributed by atoms with van der Waals surface area (Å²) in [6.07, 6.45) is 3.93. The summed E-state index contributed by atoms with van der Waals surface area (Å²) < 4.78 is 0. The molecule has 0 bridgehead atoms. The van der Waals surface area contributed by atoms with Crippen LogP contribution in [0.3, 0.4) is 0 Å². The van der Waals surface area contributed by atoms with E-state index in [1.54, 1.807) is 18.2 Å². The standard InChI is InChI=1S/C23H32N6O2.HI/c1-2-24-23(27-14-13-26-22(31)20-8-3-4-9-21(20)30)28-18-10-15-29(16-11-18)17-19-7-5-6-12-25-19;/h3-9,12,18,30H,2,10-11,13-17H2,1H3,(H,26,31)(H2,24,27,28);1H. The first-order chi connectivity index (χ1) is 15.2. The number of hydrogen-bond acceptors (Lipinski definition) is 5. The highest BCUT2D eigenvalue weighted by atomic mass is 127. The second-order valence-electron chi connectivity index (χ2n) is 7.55. The summed E-state index contributed by atoms with van der Waals surface area (Å²) in [5, 5.41) is 19.3. The Morgan fingerprint density at radius 1 is 1.16 bits per heavy atom. The lowest BCUT2D eigenvalue weighted by Gasteiger charge is -2.32. The lowest BCUT2D eigenvalue weighted by atomic mass is 10.0. The molecule has 1 fully saturated rings. The SMILES string of the molecule is CCNC(=NCCNC(=O)c1ccccc1O)NC1CCN(Cc2ccccn2)CC1.I. The summed E-state index contributed by atoms with van der Waals surface area (Å²) in [4.78, 5) is 23.6. The third-order valence-corrected chi connectivity index (χ3v) is 5.20. The van der Waals surface area contributed by atoms with E-state index < -0.39 is 0 Å². The smallest absolute Gasteiger partial charge is 0.255 e. The van der Waals surface area contributed by atoms with E-state index in [0.717, 1.165) is 50.7 Å². The first-order valence-corrected chi connectivity index (χ1v) is 10.9. The number of nitrogens with one attached hydrogen (secondary N) is 3. The average molecular weight is 552 g/mol. The van der Waals surface area contributed by atoms with Gasteiger partial charge >= 0.3 is 0 Å². The molecule has 0 radical (unpaired) electrons. The Bertz CT molecular complexity index is 857. The van der Waals surface area contributed by atoms with Crippen LogP contribution in [-0.4, -0.2) is 65.6 Å². The van der Waals surface area contributed by atoms with Crippen LogP contribution in [0.4, 0.5) is 0 Å². The first kappa shape index (κ1) is 25.9. The molecule has 0 saturated carbocycles. The van der Waals surface area contributed by atoms with Gasteiger partial charge in [0.1, 0.15) is 5.75 Å². The Labute approximate surface area is 206 Å². The van der Waals surface area contributed by atoms with E-state index in [-0.39, 0.29) is 41.2 Å². The molecule has 9 heteroatoms. The number of aromatic hydroxyl groups is 1. The second-order valence-corrected chi connectivity index (χ2v) is 7.55. The molecule has 2 aromatic rings. The van der Waals surface area contributed by atoms with Gasteiger partial charge in [0.2, 0.25) is 0 Å². The summed E-state index contributed by atoms with van der Waals surface area (Å²) in [6.45, 7) is 6.58. The van der Waals surface area contributed by atoms with Crippen LogP contribution in [0.1, 0.15) is 35.8 Å². The van der Waals surface area contributed by atoms with E-state index in [1.165, 1.54) is 6.07 Å². The van der Waals surface area contributed by atoms with Crippen molar-refractivity contribution in [3.63, 3.8) is 0 Å². The zero-order chi connectivity index (χ0) is 21.9. The number of para-hydroxylation sites is 1. The van der Waals surface area contributed by atoms with Crippen LogP contribution in [-0.2, 0) is 6.54 Å². The Balaban J connectivity index is 0.00000363. The number of aromatic nitrogens is 1. The molecule has 0 atom stereocenters. The molecule has 1 aliphatic heterocycles. The van der Waals surface area contributed by atoms with Crippen LogP contribution in [0.2, 0.25) is 0 Å². The van der Waals surface area contributed by atoms with Gasteiger partial charge in [-0.25, -0.2) is 0 Å². The maximum atomic E-state index is 12.2. The Morgan fingerprint density at radius 2 is 1.91 bits per heavy atom. The molecule has 3 rings (SSSR count). The molecule has 1 aliphatic rings. The lowest BCUT2D eigenvalue weighted by molar-refractivity contribution is 0.0952. The highest BCUT2D eigenvalue weighted by Crippen LogP contribution is 2.15. The molecule has 2 heterocycles.